The van der Waals surface area contributed by atoms with Crippen molar-refractivity contribution < 1.29 is 8.94 Å². The molecule has 0 saturated carbocycles. The molecule has 0 bridgehead atoms. The predicted octanol–water partition coefficient (Wildman–Crippen LogP) is 4.24. The van der Waals surface area contributed by atoms with Crippen molar-refractivity contribution in [2.75, 3.05) is 6.54 Å². The van der Waals surface area contributed by atoms with Gasteiger partial charge in [0.1, 0.15) is 11.5 Å². The maximum Gasteiger partial charge on any atom is 0.243 e. The molecular formula is C20H20N4O2. The molecule has 6 heteroatoms. The molecule has 0 aliphatic carbocycles. The van der Waals surface area contributed by atoms with Crippen LogP contribution in [0, 0.1) is 18.3 Å². The predicted molar refractivity (Wildman–Crippen MR) is 94.9 cm³/mol. The molecule has 132 valence electrons. The van der Waals surface area contributed by atoms with Crippen LogP contribution in [0.5, 0.6) is 0 Å². The van der Waals surface area contributed by atoms with E-state index in [1.165, 1.54) is 0 Å². The zero-order chi connectivity index (χ0) is 17.9. The maximum absolute atomic E-state index is 9.29. The lowest BCUT2D eigenvalue weighted by Crippen LogP contribution is -2.33. The van der Waals surface area contributed by atoms with Crippen LogP contribution in [0.3, 0.4) is 0 Å². The second-order valence-electron chi connectivity index (χ2n) is 6.59. The van der Waals surface area contributed by atoms with Gasteiger partial charge in [0.25, 0.3) is 0 Å². The quantitative estimate of drug-likeness (QED) is 0.702. The van der Waals surface area contributed by atoms with Gasteiger partial charge in [-0.25, -0.2) is 0 Å². The Hall–Kier alpha value is -2.91. The van der Waals surface area contributed by atoms with Crippen LogP contribution in [0.2, 0.25) is 0 Å². The Morgan fingerprint density at radius 2 is 2.12 bits per heavy atom. The highest BCUT2D eigenvalue weighted by atomic mass is 16.5. The molecule has 1 atom stereocenters. The summed E-state index contributed by atoms with van der Waals surface area (Å²) >= 11 is 0. The Morgan fingerprint density at radius 3 is 2.92 bits per heavy atom. The first-order chi connectivity index (χ1) is 12.7. The fraction of sp³-hybridized carbons (Fsp3) is 0.350. The first-order valence-corrected chi connectivity index (χ1v) is 8.87. The van der Waals surface area contributed by atoms with E-state index in [0.717, 1.165) is 42.9 Å². The van der Waals surface area contributed by atoms with E-state index in [0.29, 0.717) is 23.8 Å². The number of rotatable bonds is 4. The van der Waals surface area contributed by atoms with Gasteiger partial charge in [0.2, 0.25) is 5.89 Å². The van der Waals surface area contributed by atoms with Gasteiger partial charge in [-0.1, -0.05) is 23.7 Å². The van der Waals surface area contributed by atoms with Crippen LogP contribution >= 0.6 is 0 Å². The number of hydrogen-bond donors (Lipinski definition) is 0. The minimum absolute atomic E-state index is 0.130. The first kappa shape index (κ1) is 16.6. The fourth-order valence-corrected chi connectivity index (χ4v) is 3.51. The summed E-state index contributed by atoms with van der Waals surface area (Å²) in [7, 11) is 0. The lowest BCUT2D eigenvalue weighted by molar-refractivity contribution is 0.104. The highest BCUT2D eigenvalue weighted by Crippen LogP contribution is 2.32. The Labute approximate surface area is 152 Å². The summed E-state index contributed by atoms with van der Waals surface area (Å²) < 4.78 is 11.5. The molecule has 0 spiro atoms. The number of piperidine rings is 1. The average Bonchev–Trinajstić information content (AvgIpc) is 3.31. The lowest BCUT2D eigenvalue weighted by Gasteiger charge is -2.32. The fourth-order valence-electron chi connectivity index (χ4n) is 3.51. The summed E-state index contributed by atoms with van der Waals surface area (Å²) in [6.07, 6.45) is 3.31. The van der Waals surface area contributed by atoms with Crippen molar-refractivity contribution in [2.24, 2.45) is 0 Å². The molecule has 0 unspecified atom stereocenters. The van der Waals surface area contributed by atoms with Gasteiger partial charge < -0.3 is 8.94 Å². The molecule has 1 aromatic carbocycles. The molecule has 1 aliphatic heterocycles. The number of nitrogens with zero attached hydrogens (tertiary/aromatic N) is 4. The van der Waals surface area contributed by atoms with Crippen LogP contribution in [0.4, 0.5) is 0 Å². The van der Waals surface area contributed by atoms with Gasteiger partial charge >= 0.3 is 0 Å². The van der Waals surface area contributed by atoms with E-state index in [1.54, 1.807) is 6.07 Å². The largest absolute Gasteiger partial charge is 0.460 e. The summed E-state index contributed by atoms with van der Waals surface area (Å²) in [5.74, 6) is 2.94. The van der Waals surface area contributed by atoms with E-state index in [2.05, 4.69) is 21.1 Å². The molecular weight excluding hydrogens is 328 g/mol. The van der Waals surface area contributed by atoms with E-state index in [1.807, 2.05) is 37.3 Å². The molecule has 0 radical (unpaired) electrons. The Balaban J connectivity index is 1.55. The van der Waals surface area contributed by atoms with Gasteiger partial charge in [-0.15, -0.1) is 0 Å². The number of aromatic nitrogens is 2. The van der Waals surface area contributed by atoms with Gasteiger partial charge in [-0.3, -0.25) is 4.90 Å². The van der Waals surface area contributed by atoms with Crippen molar-refractivity contribution in [3.63, 3.8) is 0 Å². The normalized spacial score (nSPS) is 17.9. The van der Waals surface area contributed by atoms with E-state index in [4.69, 9.17) is 8.94 Å². The Bertz CT molecular complexity index is 937. The maximum atomic E-state index is 9.29. The summed E-state index contributed by atoms with van der Waals surface area (Å²) in [6, 6.07) is 13.7. The average molecular weight is 348 g/mol. The van der Waals surface area contributed by atoms with Crippen molar-refractivity contribution in [3.05, 3.63) is 59.4 Å². The summed E-state index contributed by atoms with van der Waals surface area (Å²) in [5, 5.41) is 13.2. The molecule has 3 heterocycles. The summed E-state index contributed by atoms with van der Waals surface area (Å²) in [6.45, 7) is 3.49. The molecule has 3 aromatic rings. The zero-order valence-corrected chi connectivity index (χ0v) is 14.7. The smallest absolute Gasteiger partial charge is 0.243 e. The molecule has 2 aromatic heterocycles. The molecule has 1 aliphatic rings. The molecule has 1 saturated heterocycles. The molecule has 0 amide bonds. The number of likely N-dealkylation sites (tertiary alicyclic amines) is 1. The van der Waals surface area contributed by atoms with Crippen LogP contribution in [-0.2, 0) is 6.54 Å². The van der Waals surface area contributed by atoms with Crippen LogP contribution in [-0.4, -0.2) is 21.6 Å². The van der Waals surface area contributed by atoms with Crippen LogP contribution < -0.4 is 0 Å². The second-order valence-corrected chi connectivity index (χ2v) is 6.59. The van der Waals surface area contributed by atoms with Gasteiger partial charge in [-0.05, 0) is 50.6 Å². The number of nitriles is 1. The van der Waals surface area contributed by atoms with E-state index >= 15 is 0 Å². The second kappa shape index (κ2) is 7.14. The number of benzene rings is 1. The van der Waals surface area contributed by atoms with E-state index in [-0.39, 0.29) is 6.04 Å². The third-order valence-electron chi connectivity index (χ3n) is 4.78. The number of furan rings is 1. The summed E-state index contributed by atoms with van der Waals surface area (Å²) in [5.41, 5.74) is 1.44. The monoisotopic (exact) mass is 348 g/mol. The molecule has 1 fully saturated rings. The van der Waals surface area contributed by atoms with Crippen molar-refractivity contribution >= 4 is 0 Å². The van der Waals surface area contributed by atoms with Crippen molar-refractivity contribution in [1.29, 1.82) is 5.26 Å². The minimum Gasteiger partial charge on any atom is -0.460 e. The Morgan fingerprint density at radius 1 is 1.23 bits per heavy atom. The molecule has 26 heavy (non-hydrogen) atoms. The van der Waals surface area contributed by atoms with Crippen LogP contribution in [0.1, 0.15) is 48.3 Å². The van der Waals surface area contributed by atoms with E-state index < -0.39 is 0 Å². The Kier molecular flexibility index (Phi) is 4.55. The topological polar surface area (TPSA) is 79.1 Å². The third kappa shape index (κ3) is 3.26. The first-order valence-electron chi connectivity index (χ1n) is 8.87. The highest BCUT2D eigenvalue weighted by molar-refractivity contribution is 5.66. The number of aryl methyl sites for hydroxylation is 1. The van der Waals surface area contributed by atoms with Crippen molar-refractivity contribution in [2.45, 2.75) is 38.8 Å². The lowest BCUT2D eigenvalue weighted by atomic mass is 10.0. The minimum atomic E-state index is 0.130. The molecule has 0 N–H and O–H groups in total. The van der Waals surface area contributed by atoms with Gasteiger partial charge in [0.15, 0.2) is 5.82 Å². The highest BCUT2D eigenvalue weighted by Gasteiger charge is 2.29. The molecule has 4 rings (SSSR count). The SMILES string of the molecule is Cc1noc([C@H]2CCCCN2Cc2ccc(-c3ccccc3C#N)o2)n1. The molecule has 6 nitrogen and oxygen atoms in total. The van der Waals surface area contributed by atoms with Gasteiger partial charge in [0, 0.05) is 5.56 Å². The standard InChI is InChI=1S/C20H20N4O2/c1-14-22-20(26-23-14)18-8-4-5-11-24(18)13-16-9-10-19(25-16)17-7-3-2-6-15(17)12-21/h2-3,6-7,9-10,18H,4-5,8,11,13H2,1H3/t18-/m1/s1. The van der Waals surface area contributed by atoms with Crippen LogP contribution in [0.25, 0.3) is 11.3 Å². The summed E-state index contributed by atoms with van der Waals surface area (Å²) in [4.78, 5) is 6.74. The van der Waals surface area contributed by atoms with Gasteiger partial charge in [-0.2, -0.15) is 10.2 Å². The van der Waals surface area contributed by atoms with Gasteiger partial charge in [0.05, 0.1) is 24.2 Å². The third-order valence-corrected chi connectivity index (χ3v) is 4.78. The van der Waals surface area contributed by atoms with Crippen molar-refractivity contribution in [1.82, 2.24) is 15.0 Å². The zero-order valence-electron chi connectivity index (χ0n) is 14.7. The van der Waals surface area contributed by atoms with Crippen molar-refractivity contribution in [3.8, 4) is 17.4 Å². The van der Waals surface area contributed by atoms with E-state index in [9.17, 15) is 5.26 Å². The van der Waals surface area contributed by atoms with Crippen LogP contribution in [0.15, 0.2) is 45.3 Å². The number of hydrogen-bond acceptors (Lipinski definition) is 6.